The highest BCUT2D eigenvalue weighted by Crippen LogP contribution is 2.12. The van der Waals surface area contributed by atoms with E-state index in [1.54, 1.807) is 0 Å². The fourth-order valence-electron chi connectivity index (χ4n) is 1.66. The summed E-state index contributed by atoms with van der Waals surface area (Å²) in [5.74, 6) is 3.19. The topological polar surface area (TPSA) is 29.9 Å². The molecular formula is C13H25N3S. The first-order chi connectivity index (χ1) is 8.15. The zero-order chi connectivity index (χ0) is 12.7. The molecule has 0 fully saturated rings. The molecule has 0 bridgehead atoms. The zero-order valence-corrected chi connectivity index (χ0v) is 12.3. The molecule has 0 aliphatic rings. The van der Waals surface area contributed by atoms with Crippen molar-refractivity contribution in [2.75, 3.05) is 18.6 Å². The Morgan fingerprint density at radius 3 is 2.71 bits per heavy atom. The van der Waals surface area contributed by atoms with Crippen molar-refractivity contribution in [1.82, 2.24) is 15.1 Å². The molecule has 1 N–H and O–H groups in total. The molecule has 4 heteroatoms. The van der Waals surface area contributed by atoms with Crippen molar-refractivity contribution in [3.05, 3.63) is 18.0 Å². The van der Waals surface area contributed by atoms with Crippen molar-refractivity contribution in [2.45, 2.75) is 39.8 Å². The summed E-state index contributed by atoms with van der Waals surface area (Å²) >= 11 is 2.04. The Labute approximate surface area is 109 Å². The predicted molar refractivity (Wildman–Crippen MR) is 76.6 cm³/mol. The van der Waals surface area contributed by atoms with Gasteiger partial charge >= 0.3 is 0 Å². The van der Waals surface area contributed by atoms with E-state index in [0.717, 1.165) is 18.9 Å². The highest BCUT2D eigenvalue weighted by molar-refractivity contribution is 7.99. The van der Waals surface area contributed by atoms with E-state index in [4.69, 9.17) is 0 Å². The second-order valence-electron chi connectivity index (χ2n) is 4.83. The molecule has 0 saturated heterocycles. The smallest absolute Gasteiger partial charge is 0.0522 e. The number of likely N-dealkylation sites (N-methyl/N-ethyl adjacent to an activating group) is 1. The maximum absolute atomic E-state index is 4.31. The van der Waals surface area contributed by atoms with Crippen molar-refractivity contribution in [3.63, 3.8) is 0 Å². The summed E-state index contributed by atoms with van der Waals surface area (Å²) in [6.45, 7) is 7.61. The average Bonchev–Trinajstić information content (AvgIpc) is 2.75. The van der Waals surface area contributed by atoms with Crippen LogP contribution in [0.15, 0.2) is 12.4 Å². The van der Waals surface area contributed by atoms with Gasteiger partial charge in [-0.05, 0) is 37.6 Å². The van der Waals surface area contributed by atoms with Crippen LogP contribution in [0.25, 0.3) is 0 Å². The molecule has 1 aromatic heterocycles. The van der Waals surface area contributed by atoms with E-state index in [1.165, 1.54) is 17.1 Å². The summed E-state index contributed by atoms with van der Waals surface area (Å²) in [5.41, 5.74) is 1.33. The van der Waals surface area contributed by atoms with Gasteiger partial charge in [-0.15, -0.1) is 0 Å². The van der Waals surface area contributed by atoms with Gasteiger partial charge in [-0.25, -0.2) is 0 Å². The van der Waals surface area contributed by atoms with Crippen LogP contribution in [0.3, 0.4) is 0 Å². The van der Waals surface area contributed by atoms with E-state index in [2.05, 4.69) is 37.4 Å². The van der Waals surface area contributed by atoms with Crippen molar-refractivity contribution in [2.24, 2.45) is 5.92 Å². The highest BCUT2D eigenvalue weighted by Gasteiger charge is 2.09. The van der Waals surface area contributed by atoms with E-state index in [9.17, 15) is 0 Å². The maximum atomic E-state index is 4.31. The first-order valence-corrected chi connectivity index (χ1v) is 7.57. The number of hydrogen-bond donors (Lipinski definition) is 1. The Balaban J connectivity index is 2.35. The van der Waals surface area contributed by atoms with Crippen LogP contribution in [-0.2, 0) is 13.0 Å². The van der Waals surface area contributed by atoms with Crippen molar-refractivity contribution >= 4 is 11.8 Å². The molecule has 17 heavy (non-hydrogen) atoms. The molecule has 0 saturated carbocycles. The SMILES string of the molecule is CCn1cc(CC(CSCC(C)C)NC)cn1. The largest absolute Gasteiger partial charge is 0.316 e. The van der Waals surface area contributed by atoms with Gasteiger partial charge in [0.15, 0.2) is 0 Å². The summed E-state index contributed by atoms with van der Waals surface area (Å²) in [6.07, 6.45) is 5.21. The third-order valence-electron chi connectivity index (χ3n) is 2.67. The Hall–Kier alpha value is -0.480. The van der Waals surface area contributed by atoms with Crippen LogP contribution in [0.2, 0.25) is 0 Å². The Morgan fingerprint density at radius 2 is 2.18 bits per heavy atom. The van der Waals surface area contributed by atoms with Crippen LogP contribution >= 0.6 is 11.8 Å². The fourth-order valence-corrected chi connectivity index (χ4v) is 2.84. The lowest BCUT2D eigenvalue weighted by Crippen LogP contribution is -2.30. The molecular weight excluding hydrogens is 230 g/mol. The third kappa shape index (κ3) is 5.59. The number of aromatic nitrogens is 2. The molecule has 1 rings (SSSR count). The lowest BCUT2D eigenvalue weighted by molar-refractivity contribution is 0.613. The molecule has 1 aromatic rings. The predicted octanol–water partition coefficient (Wildman–Crippen LogP) is 2.42. The molecule has 0 aliphatic heterocycles. The second kappa shape index (κ2) is 7.77. The molecule has 0 aliphatic carbocycles. The lowest BCUT2D eigenvalue weighted by atomic mass is 10.1. The van der Waals surface area contributed by atoms with Gasteiger partial charge in [0, 0.05) is 24.5 Å². The molecule has 0 spiro atoms. The minimum absolute atomic E-state index is 0.549. The molecule has 98 valence electrons. The molecule has 3 nitrogen and oxygen atoms in total. The molecule has 0 aromatic carbocycles. The molecule has 1 heterocycles. The van der Waals surface area contributed by atoms with Gasteiger partial charge in [-0.3, -0.25) is 4.68 Å². The van der Waals surface area contributed by atoms with Gasteiger partial charge in [-0.2, -0.15) is 16.9 Å². The van der Waals surface area contributed by atoms with Crippen LogP contribution in [-0.4, -0.2) is 34.4 Å². The van der Waals surface area contributed by atoms with Gasteiger partial charge in [0.1, 0.15) is 0 Å². The maximum Gasteiger partial charge on any atom is 0.0522 e. The van der Waals surface area contributed by atoms with Crippen molar-refractivity contribution in [3.8, 4) is 0 Å². The summed E-state index contributed by atoms with van der Waals surface area (Å²) in [6, 6.07) is 0.549. The van der Waals surface area contributed by atoms with E-state index in [0.29, 0.717) is 6.04 Å². The minimum atomic E-state index is 0.549. The number of nitrogens with zero attached hydrogens (tertiary/aromatic N) is 2. The summed E-state index contributed by atoms with van der Waals surface area (Å²) in [5, 5.41) is 7.71. The summed E-state index contributed by atoms with van der Waals surface area (Å²) < 4.78 is 1.99. The number of nitrogens with one attached hydrogen (secondary N) is 1. The Bertz CT molecular complexity index is 309. The van der Waals surface area contributed by atoms with Gasteiger partial charge in [0.05, 0.1) is 6.20 Å². The van der Waals surface area contributed by atoms with Crippen molar-refractivity contribution in [1.29, 1.82) is 0 Å². The van der Waals surface area contributed by atoms with Crippen LogP contribution in [0.5, 0.6) is 0 Å². The molecule has 1 atom stereocenters. The van der Waals surface area contributed by atoms with E-state index in [1.807, 2.05) is 29.7 Å². The van der Waals surface area contributed by atoms with Gasteiger partial charge in [-0.1, -0.05) is 13.8 Å². The number of rotatable bonds is 8. The third-order valence-corrected chi connectivity index (χ3v) is 4.21. The molecule has 0 amide bonds. The zero-order valence-electron chi connectivity index (χ0n) is 11.4. The lowest BCUT2D eigenvalue weighted by Gasteiger charge is -2.15. The summed E-state index contributed by atoms with van der Waals surface area (Å²) in [4.78, 5) is 0. The number of aryl methyl sites for hydroxylation is 1. The number of thioether (sulfide) groups is 1. The normalized spacial score (nSPS) is 13.2. The van der Waals surface area contributed by atoms with Gasteiger partial charge in [0.2, 0.25) is 0 Å². The van der Waals surface area contributed by atoms with Crippen LogP contribution < -0.4 is 5.32 Å². The Morgan fingerprint density at radius 1 is 1.41 bits per heavy atom. The minimum Gasteiger partial charge on any atom is -0.316 e. The first-order valence-electron chi connectivity index (χ1n) is 6.42. The van der Waals surface area contributed by atoms with E-state index in [-0.39, 0.29) is 0 Å². The standard InChI is InChI=1S/C13H25N3S/c1-5-16-8-12(7-15-16)6-13(14-4)10-17-9-11(2)3/h7-8,11,13-14H,5-6,9-10H2,1-4H3. The van der Waals surface area contributed by atoms with Gasteiger partial charge < -0.3 is 5.32 Å². The van der Waals surface area contributed by atoms with Crippen LogP contribution in [0.1, 0.15) is 26.3 Å². The molecule has 1 unspecified atom stereocenters. The Kier molecular flexibility index (Phi) is 6.66. The van der Waals surface area contributed by atoms with Crippen LogP contribution in [0.4, 0.5) is 0 Å². The van der Waals surface area contributed by atoms with E-state index >= 15 is 0 Å². The van der Waals surface area contributed by atoms with Gasteiger partial charge in [0.25, 0.3) is 0 Å². The monoisotopic (exact) mass is 255 g/mol. The summed E-state index contributed by atoms with van der Waals surface area (Å²) in [7, 11) is 2.05. The number of hydrogen-bond acceptors (Lipinski definition) is 3. The molecule has 0 radical (unpaired) electrons. The highest BCUT2D eigenvalue weighted by atomic mass is 32.2. The van der Waals surface area contributed by atoms with Crippen LogP contribution in [0, 0.1) is 5.92 Å². The van der Waals surface area contributed by atoms with Crippen molar-refractivity contribution < 1.29 is 0 Å². The average molecular weight is 255 g/mol. The second-order valence-corrected chi connectivity index (χ2v) is 5.90. The fraction of sp³-hybridized carbons (Fsp3) is 0.769. The quantitative estimate of drug-likeness (QED) is 0.774. The van der Waals surface area contributed by atoms with E-state index < -0.39 is 0 Å². The first kappa shape index (κ1) is 14.6.